The predicted molar refractivity (Wildman–Crippen MR) is 57.3 cm³/mol. The lowest BCUT2D eigenvalue weighted by atomic mass is 10.2. The number of nitrogens with zero attached hydrogens (tertiary/aromatic N) is 1. The summed E-state index contributed by atoms with van der Waals surface area (Å²) in [5.74, 6) is -2.33. The van der Waals surface area contributed by atoms with Crippen LogP contribution in [0, 0.1) is 11.6 Å². The van der Waals surface area contributed by atoms with Crippen LogP contribution in [0.15, 0.2) is 18.2 Å². The molecule has 1 amide bonds. The van der Waals surface area contributed by atoms with Crippen molar-refractivity contribution in [2.45, 2.75) is 0 Å². The molecule has 90 valence electrons. The minimum absolute atomic E-state index is 0.203. The molecule has 1 heterocycles. The van der Waals surface area contributed by atoms with Crippen LogP contribution in [0.5, 0.6) is 0 Å². The van der Waals surface area contributed by atoms with E-state index >= 15 is 0 Å². The van der Waals surface area contributed by atoms with E-state index in [0.29, 0.717) is 10.9 Å². The number of fused-ring (bicyclic) bond motifs is 1. The highest BCUT2D eigenvalue weighted by atomic mass is 19.2. The first-order valence-electron chi connectivity index (χ1n) is 4.83. The second-order valence-electron chi connectivity index (χ2n) is 3.52. The number of carbonyl (C=O) groups is 1. The van der Waals surface area contributed by atoms with Crippen LogP contribution >= 0.6 is 0 Å². The van der Waals surface area contributed by atoms with Gasteiger partial charge in [0.25, 0.3) is 5.91 Å². The van der Waals surface area contributed by atoms with E-state index in [1.165, 1.54) is 20.2 Å². The molecule has 0 saturated heterocycles. The van der Waals surface area contributed by atoms with E-state index in [4.69, 9.17) is 4.84 Å². The first-order chi connectivity index (χ1) is 8.02. The fraction of sp³-hybridized carbons (Fsp3) is 0.182. The number of carbonyl (C=O) groups excluding carboxylic acids is 1. The number of H-pyrrole nitrogens is 1. The van der Waals surface area contributed by atoms with Gasteiger partial charge in [-0.15, -0.1) is 0 Å². The second-order valence-corrected chi connectivity index (χ2v) is 3.52. The van der Waals surface area contributed by atoms with Crippen LogP contribution in [0.1, 0.15) is 10.5 Å². The largest absolute Gasteiger partial charge is 0.350 e. The quantitative estimate of drug-likeness (QED) is 0.817. The Bertz CT molecular complexity index is 541. The van der Waals surface area contributed by atoms with Gasteiger partial charge in [-0.1, -0.05) is 0 Å². The Morgan fingerprint density at radius 3 is 2.59 bits per heavy atom. The normalized spacial score (nSPS) is 10.8. The number of amides is 1. The van der Waals surface area contributed by atoms with Gasteiger partial charge in [0.15, 0.2) is 11.6 Å². The van der Waals surface area contributed by atoms with E-state index in [0.717, 1.165) is 17.2 Å². The smallest absolute Gasteiger partial charge is 0.293 e. The molecular weight excluding hydrogens is 230 g/mol. The fourth-order valence-corrected chi connectivity index (χ4v) is 1.49. The zero-order chi connectivity index (χ0) is 12.6. The summed E-state index contributed by atoms with van der Waals surface area (Å²) in [5.41, 5.74) is 0.561. The molecule has 0 aliphatic heterocycles. The van der Waals surface area contributed by atoms with Gasteiger partial charge in [-0.05, 0) is 12.1 Å². The van der Waals surface area contributed by atoms with Crippen molar-refractivity contribution < 1.29 is 18.4 Å². The van der Waals surface area contributed by atoms with E-state index in [1.807, 2.05) is 0 Å². The molecular formula is C11H10F2N2O2. The monoisotopic (exact) mass is 240 g/mol. The Morgan fingerprint density at radius 2 is 1.94 bits per heavy atom. The van der Waals surface area contributed by atoms with Gasteiger partial charge in [-0.2, -0.15) is 0 Å². The molecule has 1 aromatic carbocycles. The first kappa shape index (κ1) is 11.5. The Balaban J connectivity index is 2.48. The van der Waals surface area contributed by atoms with Crippen LogP contribution in [0.25, 0.3) is 10.9 Å². The van der Waals surface area contributed by atoms with Crippen LogP contribution in [0.2, 0.25) is 0 Å². The van der Waals surface area contributed by atoms with Gasteiger partial charge in [0.05, 0.1) is 7.11 Å². The molecule has 0 unspecified atom stereocenters. The highest BCUT2D eigenvalue weighted by Gasteiger charge is 2.15. The number of aromatic amines is 1. The number of benzene rings is 1. The maximum atomic E-state index is 13.0. The molecule has 0 saturated carbocycles. The van der Waals surface area contributed by atoms with Crippen molar-refractivity contribution in [3.8, 4) is 0 Å². The first-order valence-corrected chi connectivity index (χ1v) is 4.83. The molecule has 0 bridgehead atoms. The predicted octanol–water partition coefficient (Wildman–Crippen LogP) is 2.08. The average molecular weight is 240 g/mol. The summed E-state index contributed by atoms with van der Waals surface area (Å²) in [5, 5.41) is 1.44. The molecule has 0 aliphatic carbocycles. The van der Waals surface area contributed by atoms with E-state index in [2.05, 4.69) is 4.98 Å². The van der Waals surface area contributed by atoms with Crippen molar-refractivity contribution in [3.05, 3.63) is 35.5 Å². The van der Waals surface area contributed by atoms with Crippen LogP contribution in [-0.4, -0.2) is 30.1 Å². The zero-order valence-corrected chi connectivity index (χ0v) is 9.25. The van der Waals surface area contributed by atoms with Gasteiger partial charge < -0.3 is 4.98 Å². The van der Waals surface area contributed by atoms with Gasteiger partial charge in [0, 0.05) is 24.0 Å². The van der Waals surface area contributed by atoms with Gasteiger partial charge in [-0.25, -0.2) is 13.8 Å². The number of nitrogens with one attached hydrogen (secondary N) is 1. The third-order valence-electron chi connectivity index (χ3n) is 2.45. The molecule has 1 N–H and O–H groups in total. The lowest BCUT2D eigenvalue weighted by Gasteiger charge is -2.11. The van der Waals surface area contributed by atoms with E-state index in [-0.39, 0.29) is 5.69 Å². The molecule has 17 heavy (non-hydrogen) atoms. The third-order valence-corrected chi connectivity index (χ3v) is 2.45. The highest BCUT2D eigenvalue weighted by molar-refractivity contribution is 5.97. The topological polar surface area (TPSA) is 45.3 Å². The Kier molecular flexibility index (Phi) is 2.81. The van der Waals surface area contributed by atoms with Crippen molar-refractivity contribution in [3.63, 3.8) is 0 Å². The molecule has 1 aromatic heterocycles. The second kappa shape index (κ2) is 4.14. The van der Waals surface area contributed by atoms with Gasteiger partial charge >= 0.3 is 0 Å². The number of hydroxylamine groups is 2. The molecule has 0 fully saturated rings. The van der Waals surface area contributed by atoms with Gasteiger partial charge in [-0.3, -0.25) is 9.63 Å². The maximum Gasteiger partial charge on any atom is 0.293 e. The van der Waals surface area contributed by atoms with Crippen LogP contribution in [0.4, 0.5) is 8.78 Å². The summed E-state index contributed by atoms with van der Waals surface area (Å²) in [4.78, 5) is 19.1. The van der Waals surface area contributed by atoms with Crippen molar-refractivity contribution >= 4 is 16.8 Å². The van der Waals surface area contributed by atoms with E-state index in [1.54, 1.807) is 0 Å². The third kappa shape index (κ3) is 1.99. The molecule has 0 spiro atoms. The Hall–Kier alpha value is -1.95. The van der Waals surface area contributed by atoms with Crippen molar-refractivity contribution in [1.82, 2.24) is 10.0 Å². The van der Waals surface area contributed by atoms with Crippen LogP contribution in [0.3, 0.4) is 0 Å². The minimum atomic E-state index is -0.960. The summed E-state index contributed by atoms with van der Waals surface area (Å²) in [6.45, 7) is 0. The van der Waals surface area contributed by atoms with Crippen molar-refractivity contribution in [1.29, 1.82) is 0 Å². The Labute approximate surface area is 95.7 Å². The summed E-state index contributed by atoms with van der Waals surface area (Å²) in [6.07, 6.45) is 0. The maximum absolute atomic E-state index is 13.0. The van der Waals surface area contributed by atoms with Gasteiger partial charge in [0.2, 0.25) is 0 Å². The molecule has 0 aliphatic rings. The lowest BCUT2D eigenvalue weighted by molar-refractivity contribution is -0.0759. The SMILES string of the molecule is CON(C)C(=O)c1cc2cc(F)c(F)cc2[nH]1. The molecule has 2 rings (SSSR count). The number of hydrogen-bond acceptors (Lipinski definition) is 2. The van der Waals surface area contributed by atoms with Crippen molar-refractivity contribution in [2.75, 3.05) is 14.2 Å². The number of halogens is 2. The molecule has 2 aromatic rings. The molecule has 0 atom stereocenters. The standard InChI is InChI=1S/C11H10F2N2O2/c1-15(17-2)11(16)10-4-6-3-7(12)8(13)5-9(6)14-10/h3-5,14H,1-2H3. The Morgan fingerprint density at radius 1 is 1.29 bits per heavy atom. The highest BCUT2D eigenvalue weighted by Crippen LogP contribution is 2.19. The summed E-state index contributed by atoms with van der Waals surface area (Å²) >= 11 is 0. The summed E-state index contributed by atoms with van der Waals surface area (Å²) < 4.78 is 25.9. The van der Waals surface area contributed by atoms with E-state index in [9.17, 15) is 13.6 Å². The van der Waals surface area contributed by atoms with Gasteiger partial charge in [0.1, 0.15) is 5.69 Å². The fourth-order valence-electron chi connectivity index (χ4n) is 1.49. The number of aromatic nitrogens is 1. The molecule has 0 radical (unpaired) electrons. The molecule has 4 nitrogen and oxygen atoms in total. The zero-order valence-electron chi connectivity index (χ0n) is 9.25. The average Bonchev–Trinajstić information content (AvgIpc) is 2.70. The number of hydrogen-bond donors (Lipinski definition) is 1. The van der Waals surface area contributed by atoms with Crippen LogP contribution in [-0.2, 0) is 4.84 Å². The minimum Gasteiger partial charge on any atom is -0.350 e. The van der Waals surface area contributed by atoms with Crippen LogP contribution < -0.4 is 0 Å². The summed E-state index contributed by atoms with van der Waals surface area (Å²) in [6, 6.07) is 3.48. The molecule has 6 heteroatoms. The summed E-state index contributed by atoms with van der Waals surface area (Å²) in [7, 11) is 2.79. The van der Waals surface area contributed by atoms with Crippen molar-refractivity contribution in [2.24, 2.45) is 0 Å². The lowest BCUT2D eigenvalue weighted by Crippen LogP contribution is -2.25. The number of rotatable bonds is 2. The van der Waals surface area contributed by atoms with E-state index < -0.39 is 17.5 Å².